The molecular formula is C24H19Cl2N3. The molecule has 0 bridgehead atoms. The van der Waals surface area contributed by atoms with Crippen LogP contribution in [0.1, 0.15) is 11.1 Å². The quantitative estimate of drug-likeness (QED) is 0.274. The number of nitrogens with zero attached hydrogens (tertiary/aromatic N) is 2. The third-order valence-corrected chi connectivity index (χ3v) is 4.92. The minimum atomic E-state index is 0.435. The highest BCUT2D eigenvalue weighted by molar-refractivity contribution is 6.30. The molecule has 0 saturated carbocycles. The van der Waals surface area contributed by atoms with Crippen LogP contribution in [-0.2, 0) is 6.54 Å². The van der Waals surface area contributed by atoms with Crippen LogP contribution in [0.4, 0.5) is 11.4 Å². The second-order valence-corrected chi connectivity index (χ2v) is 7.31. The Morgan fingerprint density at radius 2 is 1.55 bits per heavy atom. The first kappa shape index (κ1) is 20.5. The third kappa shape index (κ3) is 5.20. The number of hydrogen-bond donors (Lipinski definition) is 1. The van der Waals surface area contributed by atoms with Gasteiger partial charge in [0.1, 0.15) is 6.07 Å². The molecule has 29 heavy (non-hydrogen) atoms. The van der Waals surface area contributed by atoms with E-state index in [0.717, 1.165) is 16.8 Å². The number of hydrogen-bond acceptors (Lipinski definition) is 3. The van der Waals surface area contributed by atoms with Crippen molar-refractivity contribution in [3.05, 3.63) is 112 Å². The molecule has 0 spiro atoms. The van der Waals surface area contributed by atoms with Crippen LogP contribution in [0.25, 0.3) is 6.08 Å². The standard InChI is InChI=1S/C24H19Cl2N3/c1-17(20(15-27)14-18-6-10-21(25)11-7-18)29(24-5-3-2-4-23(24)28)16-19-8-12-22(26)13-9-19/h2-14H,1,16,28H2/b20-14+. The Bertz CT molecular complexity index is 1080. The smallest absolute Gasteiger partial charge is 0.101 e. The molecule has 2 N–H and O–H groups in total. The van der Waals surface area contributed by atoms with Crippen LogP contribution in [0.15, 0.2) is 90.6 Å². The van der Waals surface area contributed by atoms with E-state index in [2.05, 4.69) is 12.6 Å². The molecule has 0 saturated heterocycles. The van der Waals surface area contributed by atoms with Crippen molar-refractivity contribution in [2.45, 2.75) is 6.54 Å². The van der Waals surface area contributed by atoms with Crippen molar-refractivity contribution in [3.8, 4) is 6.07 Å². The molecule has 3 aromatic rings. The zero-order chi connectivity index (χ0) is 20.8. The second kappa shape index (κ2) is 9.34. The van der Waals surface area contributed by atoms with Gasteiger partial charge < -0.3 is 10.6 Å². The van der Waals surface area contributed by atoms with Crippen LogP contribution < -0.4 is 10.6 Å². The molecule has 0 unspecified atom stereocenters. The Kier molecular flexibility index (Phi) is 6.61. The van der Waals surface area contributed by atoms with Gasteiger partial charge in [0.05, 0.1) is 22.6 Å². The van der Waals surface area contributed by atoms with Crippen molar-refractivity contribution in [2.24, 2.45) is 0 Å². The predicted molar refractivity (Wildman–Crippen MR) is 123 cm³/mol. The Morgan fingerprint density at radius 1 is 0.966 bits per heavy atom. The van der Waals surface area contributed by atoms with E-state index in [1.54, 1.807) is 18.2 Å². The molecule has 0 aliphatic rings. The van der Waals surface area contributed by atoms with E-state index in [9.17, 15) is 5.26 Å². The van der Waals surface area contributed by atoms with Crippen molar-refractivity contribution >= 4 is 40.7 Å². The summed E-state index contributed by atoms with van der Waals surface area (Å²) in [5.41, 5.74) is 10.5. The zero-order valence-corrected chi connectivity index (χ0v) is 17.2. The number of para-hydroxylation sites is 2. The first-order chi connectivity index (χ1) is 14.0. The fourth-order valence-electron chi connectivity index (χ4n) is 2.88. The van der Waals surface area contributed by atoms with Crippen LogP contribution in [0.5, 0.6) is 0 Å². The SMILES string of the molecule is C=C(/C(C#N)=C/c1ccc(Cl)cc1)N(Cc1ccc(Cl)cc1)c1ccccc1N. The molecular weight excluding hydrogens is 401 g/mol. The summed E-state index contributed by atoms with van der Waals surface area (Å²) in [5.74, 6) is 0. The molecule has 0 heterocycles. The summed E-state index contributed by atoms with van der Waals surface area (Å²) in [7, 11) is 0. The molecule has 0 atom stereocenters. The number of nitrogens with two attached hydrogens (primary N) is 1. The molecule has 144 valence electrons. The molecule has 0 aliphatic carbocycles. The van der Waals surface area contributed by atoms with Crippen molar-refractivity contribution < 1.29 is 0 Å². The highest BCUT2D eigenvalue weighted by atomic mass is 35.5. The Hall–Kier alpha value is -3.19. The van der Waals surface area contributed by atoms with Gasteiger partial charge in [0.15, 0.2) is 0 Å². The summed E-state index contributed by atoms with van der Waals surface area (Å²) < 4.78 is 0. The summed E-state index contributed by atoms with van der Waals surface area (Å²) in [6.45, 7) is 4.69. The topological polar surface area (TPSA) is 53.0 Å². The van der Waals surface area contributed by atoms with Gasteiger partial charge >= 0.3 is 0 Å². The normalized spacial score (nSPS) is 11.0. The number of halogens is 2. The largest absolute Gasteiger partial charge is 0.397 e. The van der Waals surface area contributed by atoms with E-state index in [1.807, 2.05) is 65.6 Å². The molecule has 5 heteroatoms. The van der Waals surface area contributed by atoms with Gasteiger partial charge in [0.2, 0.25) is 0 Å². The summed E-state index contributed by atoms with van der Waals surface area (Å²) in [6.07, 6.45) is 1.78. The van der Waals surface area contributed by atoms with Crippen molar-refractivity contribution in [1.29, 1.82) is 5.26 Å². The lowest BCUT2D eigenvalue weighted by molar-refractivity contribution is 0.932. The lowest BCUT2D eigenvalue weighted by Gasteiger charge is -2.28. The average molecular weight is 420 g/mol. The van der Waals surface area contributed by atoms with Gasteiger partial charge in [-0.15, -0.1) is 0 Å². The molecule has 0 aliphatic heterocycles. The monoisotopic (exact) mass is 419 g/mol. The number of nitriles is 1. The number of allylic oxidation sites excluding steroid dienone is 1. The van der Waals surface area contributed by atoms with E-state index < -0.39 is 0 Å². The lowest BCUT2D eigenvalue weighted by Crippen LogP contribution is -2.23. The highest BCUT2D eigenvalue weighted by Gasteiger charge is 2.17. The van der Waals surface area contributed by atoms with E-state index in [-0.39, 0.29) is 0 Å². The minimum Gasteiger partial charge on any atom is -0.397 e. The minimum absolute atomic E-state index is 0.435. The first-order valence-electron chi connectivity index (χ1n) is 8.91. The maximum absolute atomic E-state index is 9.80. The van der Waals surface area contributed by atoms with Gasteiger partial charge in [-0.1, -0.05) is 66.2 Å². The lowest BCUT2D eigenvalue weighted by atomic mass is 10.1. The zero-order valence-electron chi connectivity index (χ0n) is 15.6. The Morgan fingerprint density at radius 3 is 2.14 bits per heavy atom. The highest BCUT2D eigenvalue weighted by Crippen LogP contribution is 2.31. The Labute approximate surface area is 180 Å². The van der Waals surface area contributed by atoms with Crippen molar-refractivity contribution in [2.75, 3.05) is 10.6 Å². The predicted octanol–water partition coefficient (Wildman–Crippen LogP) is 6.70. The van der Waals surface area contributed by atoms with Crippen molar-refractivity contribution in [1.82, 2.24) is 0 Å². The van der Waals surface area contributed by atoms with Crippen molar-refractivity contribution in [3.63, 3.8) is 0 Å². The summed E-state index contributed by atoms with van der Waals surface area (Å²) in [5, 5.41) is 11.1. The number of benzene rings is 3. The van der Waals surface area contributed by atoms with Gasteiger partial charge in [-0.05, 0) is 53.6 Å². The molecule has 0 fully saturated rings. The maximum atomic E-state index is 9.80. The first-order valence-corrected chi connectivity index (χ1v) is 9.66. The fourth-order valence-corrected chi connectivity index (χ4v) is 3.13. The van der Waals surface area contributed by atoms with E-state index in [1.165, 1.54) is 0 Å². The van der Waals surface area contributed by atoms with E-state index in [4.69, 9.17) is 28.9 Å². The summed E-state index contributed by atoms with van der Waals surface area (Å²) >= 11 is 12.0. The van der Waals surface area contributed by atoms with Gasteiger partial charge in [-0.3, -0.25) is 0 Å². The third-order valence-electron chi connectivity index (χ3n) is 4.42. The fraction of sp³-hybridized carbons (Fsp3) is 0.0417. The van der Waals surface area contributed by atoms with Crippen LogP contribution in [-0.4, -0.2) is 0 Å². The Balaban J connectivity index is 2.00. The summed E-state index contributed by atoms with van der Waals surface area (Å²) in [6, 6.07) is 24.6. The van der Waals surface area contributed by atoms with Crippen LogP contribution in [0.2, 0.25) is 10.0 Å². The second-order valence-electron chi connectivity index (χ2n) is 6.44. The molecule has 3 aromatic carbocycles. The van der Waals surface area contributed by atoms with Gasteiger partial charge in [0, 0.05) is 16.6 Å². The number of nitrogen functional groups attached to an aromatic ring is 1. The van der Waals surface area contributed by atoms with Crippen LogP contribution >= 0.6 is 23.2 Å². The van der Waals surface area contributed by atoms with Gasteiger partial charge in [0.25, 0.3) is 0 Å². The van der Waals surface area contributed by atoms with E-state index >= 15 is 0 Å². The average Bonchev–Trinajstić information content (AvgIpc) is 2.73. The summed E-state index contributed by atoms with van der Waals surface area (Å²) in [4.78, 5) is 1.93. The molecule has 3 nitrogen and oxygen atoms in total. The van der Waals surface area contributed by atoms with E-state index in [0.29, 0.717) is 33.5 Å². The van der Waals surface area contributed by atoms with Gasteiger partial charge in [-0.25, -0.2) is 0 Å². The molecule has 0 amide bonds. The number of anilines is 2. The van der Waals surface area contributed by atoms with Crippen LogP contribution in [0.3, 0.4) is 0 Å². The molecule has 0 radical (unpaired) electrons. The molecule has 3 rings (SSSR count). The number of rotatable bonds is 6. The molecule has 0 aromatic heterocycles. The van der Waals surface area contributed by atoms with Crippen LogP contribution in [0, 0.1) is 11.3 Å². The maximum Gasteiger partial charge on any atom is 0.101 e. The van der Waals surface area contributed by atoms with Gasteiger partial charge in [-0.2, -0.15) is 5.26 Å².